The second-order valence-electron chi connectivity index (χ2n) is 3.40. The molecule has 2 nitrogen and oxygen atoms in total. The molecule has 0 aliphatic heterocycles. The summed E-state index contributed by atoms with van der Waals surface area (Å²) in [7, 11) is 0. The fourth-order valence-electron chi connectivity index (χ4n) is 1.17. The number of nitrogens with one attached hydrogen (secondary N) is 1. The first kappa shape index (κ1) is 10.9. The van der Waals surface area contributed by atoms with Crippen molar-refractivity contribution in [3.8, 4) is 0 Å². The number of nitrogens with two attached hydrogens (primary N) is 1. The van der Waals surface area contributed by atoms with Crippen LogP contribution in [-0.4, -0.2) is 6.04 Å². The van der Waals surface area contributed by atoms with Gasteiger partial charge in [-0.25, -0.2) is 8.78 Å². The minimum absolute atomic E-state index is 0.00467. The molecule has 0 amide bonds. The molecule has 0 saturated heterocycles. The molecule has 78 valence electrons. The lowest BCUT2D eigenvalue weighted by atomic mass is 10.1. The smallest absolute Gasteiger partial charge is 0.182 e. The number of benzene rings is 1. The molecule has 3 N–H and O–H groups in total. The lowest BCUT2D eigenvalue weighted by molar-refractivity contribution is 0.501. The summed E-state index contributed by atoms with van der Waals surface area (Å²) in [6.07, 6.45) is 0. The number of hydrogen-bond donors (Lipinski definition) is 2. The van der Waals surface area contributed by atoms with E-state index in [2.05, 4.69) is 5.32 Å². The van der Waals surface area contributed by atoms with E-state index in [1.807, 2.05) is 13.8 Å². The highest BCUT2D eigenvalue weighted by molar-refractivity contribution is 5.47. The van der Waals surface area contributed by atoms with E-state index < -0.39 is 11.6 Å². The van der Waals surface area contributed by atoms with E-state index in [1.54, 1.807) is 0 Å². The van der Waals surface area contributed by atoms with Crippen LogP contribution in [0.15, 0.2) is 12.1 Å². The van der Waals surface area contributed by atoms with Gasteiger partial charge in [0.05, 0.1) is 5.69 Å². The van der Waals surface area contributed by atoms with Crippen molar-refractivity contribution in [2.75, 3.05) is 5.32 Å². The molecule has 0 bridgehead atoms. The Balaban J connectivity index is 3.04. The third-order valence-electron chi connectivity index (χ3n) is 1.83. The van der Waals surface area contributed by atoms with Gasteiger partial charge >= 0.3 is 0 Å². The summed E-state index contributed by atoms with van der Waals surface area (Å²) in [5, 5.41) is 2.81. The molecule has 0 heterocycles. The third kappa shape index (κ3) is 2.20. The molecule has 4 heteroatoms. The van der Waals surface area contributed by atoms with Crippen LogP contribution >= 0.6 is 0 Å². The van der Waals surface area contributed by atoms with E-state index in [9.17, 15) is 8.78 Å². The van der Waals surface area contributed by atoms with Gasteiger partial charge in [-0.1, -0.05) is 6.07 Å². The average Bonchev–Trinajstić information content (AvgIpc) is 2.13. The van der Waals surface area contributed by atoms with E-state index in [4.69, 9.17) is 5.73 Å². The number of anilines is 1. The van der Waals surface area contributed by atoms with Crippen molar-refractivity contribution in [1.82, 2.24) is 0 Å². The Kier molecular flexibility index (Phi) is 3.41. The van der Waals surface area contributed by atoms with Crippen LogP contribution < -0.4 is 11.1 Å². The molecule has 0 radical (unpaired) electrons. The van der Waals surface area contributed by atoms with Gasteiger partial charge in [0.1, 0.15) is 0 Å². The monoisotopic (exact) mass is 200 g/mol. The summed E-state index contributed by atoms with van der Waals surface area (Å²) >= 11 is 0. The van der Waals surface area contributed by atoms with Gasteiger partial charge in [0, 0.05) is 18.2 Å². The van der Waals surface area contributed by atoms with Crippen molar-refractivity contribution < 1.29 is 8.78 Å². The Morgan fingerprint density at radius 3 is 2.43 bits per heavy atom. The molecule has 0 aromatic heterocycles. The molecular weight excluding hydrogens is 186 g/mol. The Morgan fingerprint density at radius 1 is 1.29 bits per heavy atom. The van der Waals surface area contributed by atoms with Gasteiger partial charge < -0.3 is 11.1 Å². The first-order valence-corrected chi connectivity index (χ1v) is 4.49. The van der Waals surface area contributed by atoms with Crippen molar-refractivity contribution in [2.45, 2.75) is 26.4 Å². The van der Waals surface area contributed by atoms with Gasteiger partial charge in [-0.3, -0.25) is 0 Å². The molecule has 14 heavy (non-hydrogen) atoms. The molecule has 0 aliphatic carbocycles. The Labute approximate surface area is 82.1 Å². The van der Waals surface area contributed by atoms with E-state index in [0.717, 1.165) is 0 Å². The minimum atomic E-state index is -0.863. The molecule has 0 atom stereocenters. The average molecular weight is 200 g/mol. The zero-order valence-corrected chi connectivity index (χ0v) is 8.27. The molecule has 0 fully saturated rings. The molecule has 1 aromatic rings. The largest absolute Gasteiger partial charge is 0.380 e. The van der Waals surface area contributed by atoms with Gasteiger partial charge in [-0.05, 0) is 19.9 Å². The third-order valence-corrected chi connectivity index (χ3v) is 1.83. The van der Waals surface area contributed by atoms with Crippen molar-refractivity contribution in [3.05, 3.63) is 29.3 Å². The van der Waals surface area contributed by atoms with E-state index in [0.29, 0.717) is 0 Å². The normalized spacial score (nSPS) is 10.7. The van der Waals surface area contributed by atoms with Crippen molar-refractivity contribution in [3.63, 3.8) is 0 Å². The SMILES string of the molecule is CC(C)Nc1ccc(CN)c(F)c1F. The van der Waals surface area contributed by atoms with Gasteiger partial charge in [-0.2, -0.15) is 0 Å². The van der Waals surface area contributed by atoms with Gasteiger partial charge in [-0.15, -0.1) is 0 Å². The van der Waals surface area contributed by atoms with Crippen molar-refractivity contribution >= 4 is 5.69 Å². The molecule has 0 unspecified atom stereocenters. The van der Waals surface area contributed by atoms with Crippen LogP contribution in [0.2, 0.25) is 0 Å². The molecular formula is C10H14F2N2. The maximum absolute atomic E-state index is 13.3. The summed E-state index contributed by atoms with van der Waals surface area (Å²) in [6, 6.07) is 3.05. The second kappa shape index (κ2) is 4.37. The van der Waals surface area contributed by atoms with Gasteiger partial charge in [0.15, 0.2) is 11.6 Å². The molecule has 1 aromatic carbocycles. The van der Waals surface area contributed by atoms with E-state index in [-0.39, 0.29) is 23.8 Å². The maximum atomic E-state index is 13.3. The topological polar surface area (TPSA) is 38.0 Å². The summed E-state index contributed by atoms with van der Waals surface area (Å²) in [4.78, 5) is 0. The lowest BCUT2D eigenvalue weighted by Gasteiger charge is -2.12. The van der Waals surface area contributed by atoms with Gasteiger partial charge in [0.25, 0.3) is 0 Å². The predicted octanol–water partition coefficient (Wildman–Crippen LogP) is 2.24. The lowest BCUT2D eigenvalue weighted by Crippen LogP contribution is -2.13. The van der Waals surface area contributed by atoms with Crippen LogP contribution in [0.25, 0.3) is 0 Å². The van der Waals surface area contributed by atoms with E-state index in [1.165, 1.54) is 12.1 Å². The summed E-state index contributed by atoms with van der Waals surface area (Å²) < 4.78 is 26.5. The number of hydrogen-bond acceptors (Lipinski definition) is 2. The van der Waals surface area contributed by atoms with Crippen LogP contribution in [0.4, 0.5) is 14.5 Å². The first-order chi connectivity index (χ1) is 6.56. The molecule has 0 aliphatic rings. The summed E-state index contributed by atoms with van der Waals surface area (Å²) in [6.45, 7) is 3.72. The fourth-order valence-corrected chi connectivity index (χ4v) is 1.17. The zero-order chi connectivity index (χ0) is 10.7. The zero-order valence-electron chi connectivity index (χ0n) is 8.27. The Bertz CT molecular complexity index is 324. The summed E-state index contributed by atoms with van der Waals surface area (Å²) in [5.74, 6) is -1.72. The van der Waals surface area contributed by atoms with Crippen LogP contribution in [-0.2, 0) is 6.54 Å². The predicted molar refractivity (Wildman–Crippen MR) is 53.0 cm³/mol. The van der Waals surface area contributed by atoms with Crippen LogP contribution in [0.3, 0.4) is 0 Å². The molecule has 1 rings (SSSR count). The Morgan fingerprint density at radius 2 is 1.93 bits per heavy atom. The quantitative estimate of drug-likeness (QED) is 0.785. The maximum Gasteiger partial charge on any atom is 0.182 e. The highest BCUT2D eigenvalue weighted by Gasteiger charge is 2.12. The van der Waals surface area contributed by atoms with E-state index >= 15 is 0 Å². The van der Waals surface area contributed by atoms with Crippen LogP contribution in [0.5, 0.6) is 0 Å². The number of halogens is 2. The fraction of sp³-hybridized carbons (Fsp3) is 0.400. The first-order valence-electron chi connectivity index (χ1n) is 4.49. The van der Waals surface area contributed by atoms with Crippen molar-refractivity contribution in [1.29, 1.82) is 0 Å². The minimum Gasteiger partial charge on any atom is -0.380 e. The van der Waals surface area contributed by atoms with Crippen molar-refractivity contribution in [2.24, 2.45) is 5.73 Å². The molecule has 0 spiro atoms. The van der Waals surface area contributed by atoms with Gasteiger partial charge in [0.2, 0.25) is 0 Å². The second-order valence-corrected chi connectivity index (χ2v) is 3.40. The Hall–Kier alpha value is -1.16. The highest BCUT2D eigenvalue weighted by atomic mass is 19.2. The van der Waals surface area contributed by atoms with Crippen LogP contribution in [0, 0.1) is 11.6 Å². The highest BCUT2D eigenvalue weighted by Crippen LogP contribution is 2.20. The molecule has 0 saturated carbocycles. The standard InChI is InChI=1S/C10H14F2N2/c1-6(2)14-8-4-3-7(5-13)9(11)10(8)12/h3-4,6,14H,5,13H2,1-2H3. The van der Waals surface area contributed by atoms with Crippen LogP contribution in [0.1, 0.15) is 19.4 Å². The number of rotatable bonds is 3. The summed E-state index contributed by atoms with van der Waals surface area (Å²) in [5.41, 5.74) is 5.61.